The molecule has 0 unspecified atom stereocenters. The molecule has 0 radical (unpaired) electrons. The number of amides is 1. The molecule has 2 heterocycles. The molecule has 136 valence electrons. The molecule has 26 heavy (non-hydrogen) atoms. The van der Waals surface area contributed by atoms with Crippen LogP contribution in [-0.2, 0) is 12.8 Å². The van der Waals surface area contributed by atoms with Gasteiger partial charge in [-0.25, -0.2) is 0 Å². The summed E-state index contributed by atoms with van der Waals surface area (Å²) < 4.78 is 5.89. The van der Waals surface area contributed by atoms with Gasteiger partial charge in [-0.1, -0.05) is 6.07 Å². The number of carbonyl (C=O) groups is 1. The molecule has 2 aromatic rings. The Balaban J connectivity index is 1.43. The Morgan fingerprint density at radius 2 is 2.00 bits per heavy atom. The summed E-state index contributed by atoms with van der Waals surface area (Å²) in [4.78, 5) is 18.8. The van der Waals surface area contributed by atoms with E-state index in [0.29, 0.717) is 31.7 Å². The van der Waals surface area contributed by atoms with Crippen LogP contribution in [0.15, 0.2) is 42.7 Å². The lowest BCUT2D eigenvalue weighted by molar-refractivity contribution is 0.0348. The van der Waals surface area contributed by atoms with Gasteiger partial charge in [0, 0.05) is 31.3 Å². The molecule has 1 aromatic heterocycles. The summed E-state index contributed by atoms with van der Waals surface area (Å²) in [7, 11) is 0. The molecule has 5 heteroatoms. The van der Waals surface area contributed by atoms with E-state index in [1.807, 2.05) is 23.1 Å². The minimum Gasteiger partial charge on any atom is -0.486 e. The molecule has 1 amide bonds. The van der Waals surface area contributed by atoms with Crippen molar-refractivity contribution in [3.63, 3.8) is 0 Å². The van der Waals surface area contributed by atoms with Crippen molar-refractivity contribution in [1.29, 1.82) is 0 Å². The number of carbonyl (C=O) groups excluding carboxylic acids is 1. The van der Waals surface area contributed by atoms with E-state index >= 15 is 0 Å². The Hall–Kier alpha value is -2.40. The number of ether oxygens (including phenoxy) is 1. The third-order valence-electron chi connectivity index (χ3n) is 5.36. The third-order valence-corrected chi connectivity index (χ3v) is 5.36. The van der Waals surface area contributed by atoms with E-state index in [-0.39, 0.29) is 12.0 Å². The first-order valence-electron chi connectivity index (χ1n) is 9.36. The molecular weight excluding hydrogens is 328 g/mol. The van der Waals surface area contributed by atoms with Crippen molar-refractivity contribution >= 4 is 5.91 Å². The van der Waals surface area contributed by atoms with Gasteiger partial charge in [0.15, 0.2) is 0 Å². The maximum Gasteiger partial charge on any atom is 0.253 e. The van der Waals surface area contributed by atoms with Crippen LogP contribution < -0.4 is 4.74 Å². The monoisotopic (exact) mass is 352 g/mol. The smallest absolute Gasteiger partial charge is 0.253 e. The number of hydrogen-bond acceptors (Lipinski definition) is 4. The molecule has 1 saturated heterocycles. The predicted molar refractivity (Wildman–Crippen MR) is 98.3 cm³/mol. The Kier molecular flexibility index (Phi) is 4.89. The summed E-state index contributed by atoms with van der Waals surface area (Å²) in [6.45, 7) is 1.13. The lowest BCUT2D eigenvalue weighted by Crippen LogP contribution is -2.32. The summed E-state index contributed by atoms with van der Waals surface area (Å²) >= 11 is 0. The molecule has 1 aliphatic heterocycles. The summed E-state index contributed by atoms with van der Waals surface area (Å²) in [5.74, 6) is 0.698. The molecule has 1 fully saturated rings. The van der Waals surface area contributed by atoms with Gasteiger partial charge in [0.2, 0.25) is 0 Å². The number of rotatable bonds is 3. The zero-order chi connectivity index (χ0) is 17.9. The van der Waals surface area contributed by atoms with Crippen molar-refractivity contribution in [1.82, 2.24) is 9.88 Å². The van der Waals surface area contributed by atoms with E-state index in [4.69, 9.17) is 4.74 Å². The van der Waals surface area contributed by atoms with Crippen molar-refractivity contribution in [2.45, 2.75) is 44.3 Å². The van der Waals surface area contributed by atoms with Crippen molar-refractivity contribution in [3.05, 3.63) is 59.4 Å². The number of benzene rings is 1. The van der Waals surface area contributed by atoms with E-state index in [1.54, 1.807) is 12.4 Å². The van der Waals surface area contributed by atoms with Gasteiger partial charge >= 0.3 is 0 Å². The van der Waals surface area contributed by atoms with Crippen molar-refractivity contribution in [2.75, 3.05) is 13.1 Å². The van der Waals surface area contributed by atoms with Crippen LogP contribution >= 0.6 is 0 Å². The molecule has 4 rings (SSSR count). The zero-order valence-electron chi connectivity index (χ0n) is 14.8. The summed E-state index contributed by atoms with van der Waals surface area (Å²) in [5.41, 5.74) is 3.44. The zero-order valence-corrected chi connectivity index (χ0v) is 14.8. The number of aliphatic hydroxyl groups is 1. The first-order valence-corrected chi connectivity index (χ1v) is 9.36. The molecule has 2 aliphatic rings. The molecule has 0 bridgehead atoms. The lowest BCUT2D eigenvalue weighted by atomic mass is 10.1. The largest absolute Gasteiger partial charge is 0.486 e. The van der Waals surface area contributed by atoms with Crippen molar-refractivity contribution in [2.24, 2.45) is 0 Å². The SMILES string of the molecule is O=C(c1ccc2c(c1)CCC2)N1CC[C@H](Oc2cccnc2)[C@@H](O)CC1. The quantitative estimate of drug-likeness (QED) is 0.922. The van der Waals surface area contributed by atoms with Crippen molar-refractivity contribution < 1.29 is 14.6 Å². The Labute approximate surface area is 153 Å². The fourth-order valence-electron chi connectivity index (χ4n) is 3.88. The second-order valence-corrected chi connectivity index (χ2v) is 7.12. The fraction of sp³-hybridized carbons (Fsp3) is 0.429. The molecule has 1 N–H and O–H groups in total. The highest BCUT2D eigenvalue weighted by Gasteiger charge is 2.29. The molecule has 5 nitrogen and oxygen atoms in total. The van der Waals surface area contributed by atoms with E-state index in [1.165, 1.54) is 17.5 Å². The Morgan fingerprint density at radius 3 is 2.85 bits per heavy atom. The van der Waals surface area contributed by atoms with E-state index < -0.39 is 6.10 Å². The minimum absolute atomic E-state index is 0.0499. The Morgan fingerprint density at radius 1 is 1.15 bits per heavy atom. The van der Waals surface area contributed by atoms with Crippen LogP contribution in [0.1, 0.15) is 40.7 Å². The summed E-state index contributed by atoms with van der Waals surface area (Å²) in [6, 6.07) is 9.73. The van der Waals surface area contributed by atoms with Gasteiger partial charge in [-0.15, -0.1) is 0 Å². The maximum absolute atomic E-state index is 12.9. The normalized spacial score (nSPS) is 22.6. The average molecular weight is 352 g/mol. The number of fused-ring (bicyclic) bond motifs is 1. The van der Waals surface area contributed by atoms with Crippen LogP contribution in [0.2, 0.25) is 0 Å². The van der Waals surface area contributed by atoms with Gasteiger partial charge in [0.25, 0.3) is 5.91 Å². The summed E-state index contributed by atoms with van der Waals surface area (Å²) in [5, 5.41) is 10.4. The second-order valence-electron chi connectivity index (χ2n) is 7.12. The molecule has 0 saturated carbocycles. The van der Waals surface area contributed by atoms with Gasteiger partial charge in [0.05, 0.1) is 12.3 Å². The van der Waals surface area contributed by atoms with Crippen LogP contribution in [0.25, 0.3) is 0 Å². The topological polar surface area (TPSA) is 62.7 Å². The van der Waals surface area contributed by atoms with Crippen LogP contribution in [0, 0.1) is 0 Å². The van der Waals surface area contributed by atoms with E-state index in [9.17, 15) is 9.90 Å². The number of nitrogens with zero attached hydrogens (tertiary/aromatic N) is 2. The lowest BCUT2D eigenvalue weighted by Gasteiger charge is -2.21. The van der Waals surface area contributed by atoms with Crippen LogP contribution in [0.5, 0.6) is 5.75 Å². The van der Waals surface area contributed by atoms with Gasteiger partial charge in [0.1, 0.15) is 11.9 Å². The fourth-order valence-corrected chi connectivity index (χ4v) is 3.88. The highest BCUT2D eigenvalue weighted by molar-refractivity contribution is 5.94. The van der Waals surface area contributed by atoms with Gasteiger partial charge in [-0.3, -0.25) is 9.78 Å². The average Bonchev–Trinajstić information content (AvgIpc) is 3.07. The number of aryl methyl sites for hydroxylation is 2. The standard InChI is InChI=1S/C21H24N2O3/c24-19-8-11-23(12-9-20(19)26-18-5-2-10-22-14-18)21(25)17-7-6-15-3-1-4-16(15)13-17/h2,5-7,10,13-14,19-20,24H,1,3-4,8-9,11-12H2/t19-,20-/m0/s1. The number of hydrogen-bond donors (Lipinski definition) is 1. The highest BCUT2D eigenvalue weighted by Crippen LogP contribution is 2.25. The second kappa shape index (κ2) is 7.46. The molecule has 1 aromatic carbocycles. The van der Waals surface area contributed by atoms with Crippen molar-refractivity contribution in [3.8, 4) is 5.75 Å². The minimum atomic E-state index is -0.590. The maximum atomic E-state index is 12.9. The molecule has 1 aliphatic carbocycles. The number of aliphatic hydroxyl groups excluding tert-OH is 1. The predicted octanol–water partition coefficient (Wildman–Crippen LogP) is 2.61. The Bertz CT molecular complexity index is 778. The van der Waals surface area contributed by atoms with Gasteiger partial charge in [-0.05, 0) is 61.1 Å². The number of pyridine rings is 1. The third kappa shape index (κ3) is 3.58. The van der Waals surface area contributed by atoms with E-state index in [0.717, 1.165) is 18.4 Å². The van der Waals surface area contributed by atoms with Gasteiger partial charge in [-0.2, -0.15) is 0 Å². The number of likely N-dealkylation sites (tertiary alicyclic amines) is 1. The first kappa shape index (κ1) is 17.0. The molecule has 2 atom stereocenters. The van der Waals surface area contributed by atoms with Crippen LogP contribution in [-0.4, -0.2) is 46.2 Å². The first-order chi connectivity index (χ1) is 12.7. The molecule has 0 spiro atoms. The van der Waals surface area contributed by atoms with Crippen LogP contribution in [0.4, 0.5) is 0 Å². The van der Waals surface area contributed by atoms with Crippen LogP contribution in [0.3, 0.4) is 0 Å². The number of aromatic nitrogens is 1. The van der Waals surface area contributed by atoms with E-state index in [2.05, 4.69) is 17.1 Å². The summed E-state index contributed by atoms with van der Waals surface area (Å²) in [6.07, 6.45) is 6.90. The van der Waals surface area contributed by atoms with Gasteiger partial charge < -0.3 is 14.7 Å². The molecular formula is C21H24N2O3. The highest BCUT2D eigenvalue weighted by atomic mass is 16.5.